The van der Waals surface area contributed by atoms with E-state index in [1.807, 2.05) is 36.4 Å². The molecule has 0 fully saturated rings. The van der Waals surface area contributed by atoms with Crippen molar-refractivity contribution in [1.29, 1.82) is 0 Å². The number of pyridine rings is 1. The second-order valence-corrected chi connectivity index (χ2v) is 7.08. The fraction of sp³-hybridized carbons (Fsp3) is 0.0500. The van der Waals surface area contributed by atoms with Crippen LogP contribution in [0.4, 0.5) is 5.69 Å². The molecule has 0 spiro atoms. The van der Waals surface area contributed by atoms with Gasteiger partial charge in [-0.15, -0.1) is 0 Å². The minimum atomic E-state index is -0.266. The Morgan fingerprint density at radius 2 is 2.00 bits per heavy atom. The third-order valence-corrected chi connectivity index (χ3v) is 5.10. The summed E-state index contributed by atoms with van der Waals surface area (Å²) >= 11 is 7.54. The Morgan fingerprint density at radius 1 is 1.11 bits per heavy atom. The van der Waals surface area contributed by atoms with Gasteiger partial charge in [-0.1, -0.05) is 47.2 Å². The number of aromatic nitrogens is 2. The second kappa shape index (κ2) is 7.73. The number of nitrogens with zero attached hydrogens (tertiary/aromatic N) is 2. The molecule has 27 heavy (non-hydrogen) atoms. The van der Waals surface area contributed by atoms with Gasteiger partial charge in [0.25, 0.3) is 5.91 Å². The van der Waals surface area contributed by atoms with Crippen molar-refractivity contribution in [2.24, 2.45) is 0 Å². The zero-order valence-corrected chi connectivity index (χ0v) is 15.6. The molecule has 2 aromatic carbocycles. The summed E-state index contributed by atoms with van der Waals surface area (Å²) in [6.45, 7) is -0.126. The van der Waals surface area contributed by atoms with Crippen LogP contribution in [0.25, 0.3) is 20.9 Å². The number of ether oxygens (including phenoxy) is 1. The van der Waals surface area contributed by atoms with Gasteiger partial charge >= 0.3 is 0 Å². The van der Waals surface area contributed by atoms with Gasteiger partial charge < -0.3 is 10.1 Å². The average Bonchev–Trinajstić information content (AvgIpc) is 3.12. The highest BCUT2D eigenvalue weighted by Gasteiger charge is 2.09. The average molecular weight is 396 g/mol. The third kappa shape index (κ3) is 4.07. The van der Waals surface area contributed by atoms with E-state index >= 15 is 0 Å². The molecule has 0 saturated carbocycles. The fourth-order valence-corrected chi connectivity index (χ4v) is 3.62. The van der Waals surface area contributed by atoms with Crippen LogP contribution in [-0.4, -0.2) is 22.5 Å². The van der Waals surface area contributed by atoms with Crippen molar-refractivity contribution in [3.05, 3.63) is 71.9 Å². The SMILES string of the molecule is O=C(COc1ccccc1Cl)Nc1cccc(-c2nc3cccnc3s2)c1. The third-order valence-electron chi connectivity index (χ3n) is 3.76. The molecule has 7 heteroatoms. The summed E-state index contributed by atoms with van der Waals surface area (Å²) in [6.07, 6.45) is 1.75. The number of hydrogen-bond acceptors (Lipinski definition) is 5. The number of benzene rings is 2. The lowest BCUT2D eigenvalue weighted by Crippen LogP contribution is -2.20. The summed E-state index contributed by atoms with van der Waals surface area (Å²) in [4.78, 5) is 22.0. The van der Waals surface area contributed by atoms with Gasteiger partial charge in [0.15, 0.2) is 6.61 Å². The van der Waals surface area contributed by atoms with Crippen LogP contribution in [-0.2, 0) is 4.79 Å². The van der Waals surface area contributed by atoms with E-state index in [9.17, 15) is 4.79 Å². The topological polar surface area (TPSA) is 64.1 Å². The van der Waals surface area contributed by atoms with Gasteiger partial charge in [-0.2, -0.15) is 0 Å². The largest absolute Gasteiger partial charge is 0.482 e. The maximum atomic E-state index is 12.2. The van der Waals surface area contributed by atoms with Gasteiger partial charge in [0.2, 0.25) is 0 Å². The Bertz CT molecular complexity index is 1080. The Morgan fingerprint density at radius 3 is 2.85 bits per heavy atom. The van der Waals surface area contributed by atoms with Gasteiger partial charge in [0.1, 0.15) is 21.1 Å². The lowest BCUT2D eigenvalue weighted by atomic mass is 10.2. The van der Waals surface area contributed by atoms with Crippen molar-refractivity contribution in [3.63, 3.8) is 0 Å². The van der Waals surface area contributed by atoms with E-state index in [-0.39, 0.29) is 12.5 Å². The van der Waals surface area contributed by atoms with Crippen LogP contribution in [0.2, 0.25) is 5.02 Å². The number of rotatable bonds is 5. The lowest BCUT2D eigenvalue weighted by Gasteiger charge is -2.09. The number of anilines is 1. The molecule has 4 rings (SSSR count). The molecule has 0 saturated heterocycles. The molecule has 134 valence electrons. The highest BCUT2D eigenvalue weighted by atomic mass is 35.5. The van der Waals surface area contributed by atoms with E-state index in [0.29, 0.717) is 16.5 Å². The molecule has 2 aromatic heterocycles. The monoisotopic (exact) mass is 395 g/mol. The van der Waals surface area contributed by atoms with Crippen LogP contribution in [0.1, 0.15) is 0 Å². The molecule has 1 N–H and O–H groups in total. The van der Waals surface area contributed by atoms with Crippen LogP contribution >= 0.6 is 22.9 Å². The molecule has 0 radical (unpaired) electrons. The zero-order valence-electron chi connectivity index (χ0n) is 14.1. The molecule has 1 amide bonds. The number of para-hydroxylation sites is 1. The zero-order chi connectivity index (χ0) is 18.6. The first-order chi connectivity index (χ1) is 13.2. The Kier molecular flexibility index (Phi) is 5.00. The summed E-state index contributed by atoms with van der Waals surface area (Å²) < 4.78 is 5.46. The number of carbonyl (C=O) groups is 1. The lowest BCUT2D eigenvalue weighted by molar-refractivity contribution is -0.118. The van der Waals surface area contributed by atoms with Gasteiger partial charge in [0.05, 0.1) is 5.02 Å². The van der Waals surface area contributed by atoms with Crippen molar-refractivity contribution < 1.29 is 9.53 Å². The number of amides is 1. The molecule has 0 aliphatic heterocycles. The summed E-state index contributed by atoms with van der Waals surface area (Å²) in [7, 11) is 0. The molecule has 0 aliphatic carbocycles. The van der Waals surface area contributed by atoms with Crippen molar-refractivity contribution in [2.75, 3.05) is 11.9 Å². The van der Waals surface area contributed by atoms with Crippen molar-refractivity contribution in [1.82, 2.24) is 9.97 Å². The van der Waals surface area contributed by atoms with E-state index in [4.69, 9.17) is 16.3 Å². The predicted octanol–water partition coefficient (Wildman–Crippen LogP) is 5.03. The Hall–Kier alpha value is -2.96. The summed E-state index contributed by atoms with van der Waals surface area (Å²) in [5.41, 5.74) is 2.45. The Balaban J connectivity index is 1.46. The van der Waals surface area contributed by atoms with Crippen LogP contribution in [0.5, 0.6) is 5.75 Å². The number of nitrogens with one attached hydrogen (secondary N) is 1. The smallest absolute Gasteiger partial charge is 0.262 e. The van der Waals surface area contributed by atoms with Gasteiger partial charge in [-0.3, -0.25) is 4.79 Å². The summed E-state index contributed by atoms with van der Waals surface area (Å²) in [5, 5.41) is 4.15. The van der Waals surface area contributed by atoms with Crippen LogP contribution in [0, 0.1) is 0 Å². The highest BCUT2D eigenvalue weighted by molar-refractivity contribution is 7.21. The fourth-order valence-electron chi connectivity index (χ4n) is 2.53. The van der Waals surface area contributed by atoms with E-state index in [0.717, 1.165) is 20.9 Å². The van der Waals surface area contributed by atoms with Crippen LogP contribution < -0.4 is 10.1 Å². The van der Waals surface area contributed by atoms with Crippen molar-refractivity contribution in [2.45, 2.75) is 0 Å². The normalized spacial score (nSPS) is 10.7. The predicted molar refractivity (Wildman–Crippen MR) is 108 cm³/mol. The standard InChI is InChI=1S/C20H14ClN3O2S/c21-15-7-1-2-9-17(15)26-12-18(25)23-14-6-3-5-13(11-14)19-24-16-8-4-10-22-20(16)27-19/h1-11H,12H2,(H,23,25). The number of hydrogen-bond donors (Lipinski definition) is 1. The second-order valence-electron chi connectivity index (χ2n) is 5.69. The highest BCUT2D eigenvalue weighted by Crippen LogP contribution is 2.30. The van der Waals surface area contributed by atoms with E-state index in [1.165, 1.54) is 11.3 Å². The molecule has 2 heterocycles. The van der Waals surface area contributed by atoms with Gasteiger partial charge in [-0.05, 0) is 36.4 Å². The van der Waals surface area contributed by atoms with Crippen molar-refractivity contribution >= 4 is 44.9 Å². The first-order valence-corrected chi connectivity index (χ1v) is 9.38. The number of thiazole rings is 1. The van der Waals surface area contributed by atoms with Gasteiger partial charge in [-0.25, -0.2) is 9.97 Å². The summed E-state index contributed by atoms with van der Waals surface area (Å²) in [6, 6.07) is 18.4. The molecule has 0 bridgehead atoms. The first-order valence-electron chi connectivity index (χ1n) is 8.18. The molecule has 0 unspecified atom stereocenters. The van der Waals surface area contributed by atoms with Crippen molar-refractivity contribution in [3.8, 4) is 16.3 Å². The number of halogens is 1. The van der Waals surface area contributed by atoms with Crippen LogP contribution in [0.15, 0.2) is 66.9 Å². The van der Waals surface area contributed by atoms with Crippen LogP contribution in [0.3, 0.4) is 0 Å². The van der Waals surface area contributed by atoms with E-state index in [1.54, 1.807) is 30.5 Å². The minimum Gasteiger partial charge on any atom is -0.482 e. The Labute approximate surface area is 164 Å². The quantitative estimate of drug-likeness (QED) is 0.514. The maximum Gasteiger partial charge on any atom is 0.262 e. The molecular formula is C20H14ClN3O2S. The first kappa shape index (κ1) is 17.5. The summed E-state index contributed by atoms with van der Waals surface area (Å²) in [5.74, 6) is 0.211. The molecule has 5 nitrogen and oxygen atoms in total. The maximum absolute atomic E-state index is 12.2. The molecule has 4 aromatic rings. The number of fused-ring (bicyclic) bond motifs is 1. The molecular weight excluding hydrogens is 382 g/mol. The van der Waals surface area contributed by atoms with Gasteiger partial charge in [0, 0.05) is 17.4 Å². The molecule has 0 atom stereocenters. The van der Waals surface area contributed by atoms with E-state index < -0.39 is 0 Å². The van der Waals surface area contributed by atoms with E-state index in [2.05, 4.69) is 15.3 Å². The minimum absolute atomic E-state index is 0.126. The number of carbonyl (C=O) groups excluding carboxylic acids is 1. The molecule has 0 aliphatic rings.